The van der Waals surface area contributed by atoms with Gasteiger partial charge in [0.25, 0.3) is 5.91 Å². The van der Waals surface area contributed by atoms with Crippen LogP contribution in [0, 0.1) is 5.92 Å². The lowest BCUT2D eigenvalue weighted by atomic mass is 9.96. The summed E-state index contributed by atoms with van der Waals surface area (Å²) in [4.78, 5) is 12.1. The van der Waals surface area contributed by atoms with Crippen molar-refractivity contribution < 1.29 is 9.53 Å². The van der Waals surface area contributed by atoms with Crippen LogP contribution >= 0.6 is 0 Å². The number of hydrogen-bond acceptors (Lipinski definition) is 3. The monoisotopic (exact) mass is 254 g/mol. The summed E-state index contributed by atoms with van der Waals surface area (Å²) in [6, 6.07) is 0.384. The van der Waals surface area contributed by atoms with Crippen LogP contribution in [0.25, 0.3) is 0 Å². The van der Waals surface area contributed by atoms with E-state index < -0.39 is 0 Å². The zero-order chi connectivity index (χ0) is 12.8. The first-order chi connectivity index (χ1) is 8.81. The second-order valence-corrected chi connectivity index (χ2v) is 5.51. The first kappa shape index (κ1) is 13.8. The van der Waals surface area contributed by atoms with Gasteiger partial charge in [-0.3, -0.25) is 4.79 Å². The Hall–Kier alpha value is -0.610. The molecular weight excluding hydrogens is 228 g/mol. The molecule has 18 heavy (non-hydrogen) atoms. The third-order valence-corrected chi connectivity index (χ3v) is 4.14. The summed E-state index contributed by atoms with van der Waals surface area (Å²) in [6.07, 6.45) is 7.15. The SMILES string of the molecule is CCCCC1CCCC1NC(=O)C1CNCCO1. The lowest BCUT2D eigenvalue weighted by molar-refractivity contribution is -0.135. The molecule has 0 spiro atoms. The Labute approximate surface area is 110 Å². The largest absolute Gasteiger partial charge is 0.366 e. The molecule has 1 amide bonds. The van der Waals surface area contributed by atoms with Crippen molar-refractivity contribution in [3.63, 3.8) is 0 Å². The minimum absolute atomic E-state index is 0.0793. The predicted molar refractivity (Wildman–Crippen MR) is 71.4 cm³/mol. The minimum Gasteiger partial charge on any atom is -0.366 e. The van der Waals surface area contributed by atoms with Gasteiger partial charge in [-0.25, -0.2) is 0 Å². The Morgan fingerprint density at radius 2 is 2.33 bits per heavy atom. The van der Waals surface area contributed by atoms with Crippen LogP contribution < -0.4 is 10.6 Å². The third-order valence-electron chi connectivity index (χ3n) is 4.14. The highest BCUT2D eigenvalue weighted by atomic mass is 16.5. The molecule has 4 heteroatoms. The zero-order valence-electron chi connectivity index (χ0n) is 11.4. The van der Waals surface area contributed by atoms with E-state index in [4.69, 9.17) is 4.74 Å². The Balaban J connectivity index is 1.78. The molecule has 1 heterocycles. The number of nitrogens with one attached hydrogen (secondary N) is 2. The van der Waals surface area contributed by atoms with Gasteiger partial charge in [-0.15, -0.1) is 0 Å². The highest BCUT2D eigenvalue weighted by Crippen LogP contribution is 2.29. The molecule has 0 aromatic rings. The van der Waals surface area contributed by atoms with Crippen molar-refractivity contribution in [2.24, 2.45) is 5.92 Å². The first-order valence-electron chi connectivity index (χ1n) is 7.44. The average Bonchev–Trinajstić information content (AvgIpc) is 2.84. The van der Waals surface area contributed by atoms with Gasteiger partial charge >= 0.3 is 0 Å². The molecule has 1 saturated carbocycles. The van der Waals surface area contributed by atoms with Gasteiger partial charge in [-0.1, -0.05) is 26.2 Å². The van der Waals surface area contributed by atoms with Crippen LogP contribution in [0.15, 0.2) is 0 Å². The Morgan fingerprint density at radius 3 is 3.06 bits per heavy atom. The van der Waals surface area contributed by atoms with Crippen molar-refractivity contribution >= 4 is 5.91 Å². The number of morpholine rings is 1. The number of carbonyl (C=O) groups is 1. The molecule has 1 saturated heterocycles. The standard InChI is InChI=1S/C14H26N2O2/c1-2-3-5-11-6-4-7-12(11)16-14(17)13-10-15-8-9-18-13/h11-13,15H,2-10H2,1H3,(H,16,17). The first-order valence-corrected chi connectivity index (χ1v) is 7.44. The van der Waals surface area contributed by atoms with Crippen LogP contribution in [0.3, 0.4) is 0 Å². The van der Waals surface area contributed by atoms with Crippen molar-refractivity contribution in [1.29, 1.82) is 0 Å². The van der Waals surface area contributed by atoms with Gasteiger partial charge in [-0.2, -0.15) is 0 Å². The van der Waals surface area contributed by atoms with Crippen molar-refractivity contribution in [3.8, 4) is 0 Å². The molecule has 104 valence electrons. The molecule has 0 radical (unpaired) electrons. The van der Waals surface area contributed by atoms with Crippen molar-refractivity contribution in [2.75, 3.05) is 19.7 Å². The fourth-order valence-electron chi connectivity index (χ4n) is 3.05. The van der Waals surface area contributed by atoms with E-state index in [9.17, 15) is 4.79 Å². The summed E-state index contributed by atoms with van der Waals surface area (Å²) in [7, 11) is 0. The van der Waals surface area contributed by atoms with Gasteiger partial charge in [0.05, 0.1) is 6.61 Å². The van der Waals surface area contributed by atoms with E-state index in [1.165, 1.54) is 32.1 Å². The molecule has 0 aromatic carbocycles. The highest BCUT2D eigenvalue weighted by molar-refractivity contribution is 5.81. The van der Waals surface area contributed by atoms with Crippen molar-refractivity contribution in [2.45, 2.75) is 57.6 Å². The van der Waals surface area contributed by atoms with E-state index in [2.05, 4.69) is 17.6 Å². The molecular formula is C14H26N2O2. The molecule has 2 fully saturated rings. The van der Waals surface area contributed by atoms with E-state index in [0.29, 0.717) is 25.1 Å². The molecule has 0 bridgehead atoms. The topological polar surface area (TPSA) is 50.4 Å². The average molecular weight is 254 g/mol. The molecule has 1 aliphatic carbocycles. The second kappa shape index (κ2) is 7.10. The predicted octanol–water partition coefficient (Wildman–Crippen LogP) is 1.45. The fraction of sp³-hybridized carbons (Fsp3) is 0.929. The van der Waals surface area contributed by atoms with E-state index in [1.54, 1.807) is 0 Å². The zero-order valence-corrected chi connectivity index (χ0v) is 11.4. The molecule has 2 aliphatic rings. The van der Waals surface area contributed by atoms with Crippen LogP contribution in [0.4, 0.5) is 0 Å². The second-order valence-electron chi connectivity index (χ2n) is 5.51. The van der Waals surface area contributed by atoms with Crippen LogP contribution in [0.1, 0.15) is 45.4 Å². The Bertz CT molecular complexity index is 265. The lowest BCUT2D eigenvalue weighted by Crippen LogP contribution is -2.50. The Morgan fingerprint density at radius 1 is 1.44 bits per heavy atom. The molecule has 2 rings (SSSR count). The molecule has 4 nitrogen and oxygen atoms in total. The van der Waals surface area contributed by atoms with E-state index in [0.717, 1.165) is 13.0 Å². The van der Waals surface area contributed by atoms with Gasteiger partial charge in [0.2, 0.25) is 0 Å². The third kappa shape index (κ3) is 3.69. The minimum atomic E-state index is -0.286. The summed E-state index contributed by atoms with van der Waals surface area (Å²) in [6.45, 7) is 4.37. The van der Waals surface area contributed by atoms with Crippen molar-refractivity contribution in [1.82, 2.24) is 10.6 Å². The highest BCUT2D eigenvalue weighted by Gasteiger charge is 2.30. The van der Waals surface area contributed by atoms with E-state index in [-0.39, 0.29) is 12.0 Å². The number of hydrogen-bond donors (Lipinski definition) is 2. The van der Waals surface area contributed by atoms with Gasteiger partial charge in [-0.05, 0) is 25.2 Å². The summed E-state index contributed by atoms with van der Waals surface area (Å²) in [5.41, 5.74) is 0. The van der Waals surface area contributed by atoms with Gasteiger partial charge < -0.3 is 15.4 Å². The maximum atomic E-state index is 12.1. The Kier molecular flexibility index (Phi) is 5.45. The maximum Gasteiger partial charge on any atom is 0.250 e. The normalized spacial score (nSPS) is 32.4. The number of carbonyl (C=O) groups excluding carboxylic acids is 1. The molecule has 0 aromatic heterocycles. The molecule has 3 unspecified atom stereocenters. The lowest BCUT2D eigenvalue weighted by Gasteiger charge is -2.26. The van der Waals surface area contributed by atoms with E-state index in [1.807, 2.05) is 0 Å². The van der Waals surface area contributed by atoms with Gasteiger partial charge in [0.15, 0.2) is 0 Å². The van der Waals surface area contributed by atoms with Crippen molar-refractivity contribution in [3.05, 3.63) is 0 Å². The summed E-state index contributed by atoms with van der Waals surface area (Å²) < 4.78 is 5.49. The molecule has 1 aliphatic heterocycles. The van der Waals surface area contributed by atoms with Crippen LogP contribution in [0.2, 0.25) is 0 Å². The molecule has 2 N–H and O–H groups in total. The number of unbranched alkanes of at least 4 members (excludes halogenated alkanes) is 1. The van der Waals surface area contributed by atoms with Crippen LogP contribution in [0.5, 0.6) is 0 Å². The van der Waals surface area contributed by atoms with Gasteiger partial charge in [0, 0.05) is 19.1 Å². The summed E-state index contributed by atoms with van der Waals surface area (Å²) >= 11 is 0. The number of rotatable bonds is 5. The summed E-state index contributed by atoms with van der Waals surface area (Å²) in [5.74, 6) is 0.765. The van der Waals surface area contributed by atoms with E-state index >= 15 is 0 Å². The quantitative estimate of drug-likeness (QED) is 0.781. The summed E-state index contributed by atoms with van der Waals surface area (Å²) in [5, 5.41) is 6.40. The molecule has 3 atom stereocenters. The number of amides is 1. The smallest absolute Gasteiger partial charge is 0.250 e. The van der Waals surface area contributed by atoms with Gasteiger partial charge in [0.1, 0.15) is 6.10 Å². The number of ether oxygens (including phenoxy) is 1. The van der Waals surface area contributed by atoms with Crippen LogP contribution in [-0.4, -0.2) is 37.7 Å². The fourth-order valence-corrected chi connectivity index (χ4v) is 3.05. The maximum absolute atomic E-state index is 12.1. The van der Waals surface area contributed by atoms with Crippen LogP contribution in [-0.2, 0) is 9.53 Å².